The van der Waals surface area contributed by atoms with Crippen LogP contribution in [0.25, 0.3) is 0 Å². The van der Waals surface area contributed by atoms with Gasteiger partial charge in [0, 0.05) is 18.1 Å². The Kier molecular flexibility index (Phi) is 4.44. The third-order valence-electron chi connectivity index (χ3n) is 2.39. The molecule has 0 bridgehead atoms. The molecule has 4 nitrogen and oxygen atoms in total. The average Bonchev–Trinajstić information content (AvgIpc) is 2.76. The molecule has 1 aromatic carbocycles. The zero-order valence-electron chi connectivity index (χ0n) is 9.52. The van der Waals surface area contributed by atoms with Crippen LogP contribution < -0.4 is 0 Å². The molecule has 1 atom stereocenters. The van der Waals surface area contributed by atoms with Crippen molar-refractivity contribution in [2.75, 3.05) is 5.75 Å². The first-order valence-electron chi connectivity index (χ1n) is 5.35. The Balaban J connectivity index is 1.81. The summed E-state index contributed by atoms with van der Waals surface area (Å²) in [5, 5.41) is 12.4. The minimum atomic E-state index is 0.268. The van der Waals surface area contributed by atoms with Crippen molar-refractivity contribution >= 4 is 24.4 Å². The molecular weight excluding hydrogens is 252 g/mol. The van der Waals surface area contributed by atoms with Gasteiger partial charge in [0.15, 0.2) is 0 Å². The van der Waals surface area contributed by atoms with E-state index in [1.807, 2.05) is 25.2 Å². The molecule has 0 saturated heterocycles. The minimum absolute atomic E-state index is 0.268. The predicted octanol–water partition coefficient (Wildman–Crippen LogP) is 2.36. The van der Waals surface area contributed by atoms with Gasteiger partial charge in [-0.25, -0.2) is 4.68 Å². The van der Waals surface area contributed by atoms with Crippen LogP contribution in [0.1, 0.15) is 17.2 Å². The van der Waals surface area contributed by atoms with Gasteiger partial charge in [0.2, 0.25) is 5.16 Å². The largest absolute Gasteiger partial charge is 0.224 e. The van der Waals surface area contributed by atoms with E-state index in [0.29, 0.717) is 0 Å². The Hall–Kier alpha value is -1.01. The molecule has 0 amide bonds. The lowest BCUT2D eigenvalue weighted by Crippen LogP contribution is -1.96. The normalized spacial score (nSPS) is 12.6. The van der Waals surface area contributed by atoms with Crippen molar-refractivity contribution in [1.82, 2.24) is 20.2 Å². The van der Waals surface area contributed by atoms with Gasteiger partial charge < -0.3 is 0 Å². The van der Waals surface area contributed by atoms with Crippen LogP contribution in [0.5, 0.6) is 0 Å². The zero-order chi connectivity index (χ0) is 12.1. The average molecular weight is 266 g/mol. The van der Waals surface area contributed by atoms with Crippen molar-refractivity contribution in [1.29, 1.82) is 0 Å². The van der Waals surface area contributed by atoms with E-state index in [1.54, 1.807) is 16.4 Å². The fraction of sp³-hybridized carbons (Fsp3) is 0.364. The number of tetrazole rings is 1. The molecule has 2 rings (SSSR count). The summed E-state index contributed by atoms with van der Waals surface area (Å²) in [6, 6.07) is 10.3. The van der Waals surface area contributed by atoms with E-state index in [4.69, 9.17) is 0 Å². The van der Waals surface area contributed by atoms with Crippen LogP contribution in [-0.4, -0.2) is 26.0 Å². The van der Waals surface area contributed by atoms with E-state index >= 15 is 0 Å². The highest BCUT2D eigenvalue weighted by Gasteiger charge is 2.08. The van der Waals surface area contributed by atoms with E-state index in [1.165, 1.54) is 5.56 Å². The van der Waals surface area contributed by atoms with E-state index in [0.717, 1.165) is 17.3 Å². The lowest BCUT2D eigenvalue weighted by atomic mass is 10.1. The first-order valence-corrected chi connectivity index (χ1v) is 6.86. The lowest BCUT2D eigenvalue weighted by Gasteiger charge is -2.09. The summed E-state index contributed by atoms with van der Waals surface area (Å²) in [7, 11) is 1.84. The maximum atomic E-state index is 4.61. The summed E-state index contributed by atoms with van der Waals surface area (Å²) in [4.78, 5) is 0. The van der Waals surface area contributed by atoms with Crippen molar-refractivity contribution in [3.63, 3.8) is 0 Å². The molecule has 90 valence electrons. The van der Waals surface area contributed by atoms with E-state index < -0.39 is 0 Å². The van der Waals surface area contributed by atoms with Crippen molar-refractivity contribution in [3.05, 3.63) is 35.9 Å². The molecule has 0 saturated carbocycles. The summed E-state index contributed by atoms with van der Waals surface area (Å²) in [6.45, 7) is 0. The van der Waals surface area contributed by atoms with Gasteiger partial charge in [-0.3, -0.25) is 0 Å². The highest BCUT2D eigenvalue weighted by Crippen LogP contribution is 2.26. The number of thiol groups is 1. The number of aromatic nitrogens is 4. The third-order valence-corrected chi connectivity index (χ3v) is 3.99. The van der Waals surface area contributed by atoms with Crippen LogP contribution in [0, 0.1) is 0 Å². The Morgan fingerprint density at radius 1 is 1.35 bits per heavy atom. The molecule has 17 heavy (non-hydrogen) atoms. The van der Waals surface area contributed by atoms with E-state index in [9.17, 15) is 0 Å². The van der Waals surface area contributed by atoms with Gasteiger partial charge in [-0.2, -0.15) is 12.6 Å². The smallest absolute Gasteiger partial charge is 0.209 e. The highest BCUT2D eigenvalue weighted by atomic mass is 32.2. The molecule has 2 aromatic rings. The fourth-order valence-electron chi connectivity index (χ4n) is 1.45. The van der Waals surface area contributed by atoms with Crippen LogP contribution >= 0.6 is 24.4 Å². The summed E-state index contributed by atoms with van der Waals surface area (Å²) < 4.78 is 1.68. The summed E-state index contributed by atoms with van der Waals surface area (Å²) in [5.41, 5.74) is 1.26. The Morgan fingerprint density at radius 2 is 2.12 bits per heavy atom. The number of aryl methyl sites for hydroxylation is 1. The number of benzene rings is 1. The molecule has 1 unspecified atom stereocenters. The van der Waals surface area contributed by atoms with Crippen LogP contribution in [0.4, 0.5) is 0 Å². The number of nitrogens with zero attached hydrogens (tertiary/aromatic N) is 4. The molecule has 6 heteroatoms. The molecular formula is C11H14N4S2. The van der Waals surface area contributed by atoms with Gasteiger partial charge in [-0.15, -0.1) is 5.10 Å². The predicted molar refractivity (Wildman–Crippen MR) is 72.3 cm³/mol. The number of thioether (sulfide) groups is 1. The topological polar surface area (TPSA) is 43.6 Å². The van der Waals surface area contributed by atoms with Crippen LogP contribution in [0.3, 0.4) is 0 Å². The summed E-state index contributed by atoms with van der Waals surface area (Å²) >= 11 is 6.26. The maximum Gasteiger partial charge on any atom is 0.209 e. The summed E-state index contributed by atoms with van der Waals surface area (Å²) in [5.74, 6) is 0.956. The highest BCUT2D eigenvalue weighted by molar-refractivity contribution is 7.99. The molecule has 0 aliphatic heterocycles. The fourth-order valence-corrected chi connectivity index (χ4v) is 2.78. The number of rotatable bonds is 5. The molecule has 0 aliphatic rings. The maximum absolute atomic E-state index is 4.61. The van der Waals surface area contributed by atoms with E-state index in [-0.39, 0.29) is 5.25 Å². The van der Waals surface area contributed by atoms with Crippen LogP contribution in [0.15, 0.2) is 35.5 Å². The van der Waals surface area contributed by atoms with Gasteiger partial charge in [0.25, 0.3) is 0 Å². The minimum Gasteiger partial charge on any atom is -0.224 e. The lowest BCUT2D eigenvalue weighted by molar-refractivity contribution is 0.664. The zero-order valence-corrected chi connectivity index (χ0v) is 11.2. The van der Waals surface area contributed by atoms with Crippen molar-refractivity contribution in [2.45, 2.75) is 16.8 Å². The number of hydrogen-bond acceptors (Lipinski definition) is 5. The van der Waals surface area contributed by atoms with Gasteiger partial charge in [-0.1, -0.05) is 42.1 Å². The van der Waals surface area contributed by atoms with Gasteiger partial charge >= 0.3 is 0 Å². The van der Waals surface area contributed by atoms with Crippen molar-refractivity contribution < 1.29 is 0 Å². The SMILES string of the molecule is Cn1nnnc1SCCC(S)c1ccccc1. The third kappa shape index (κ3) is 3.47. The van der Waals surface area contributed by atoms with Crippen LogP contribution in [0.2, 0.25) is 0 Å². The summed E-state index contributed by atoms with van der Waals surface area (Å²) in [6.07, 6.45) is 0.991. The molecule has 1 aromatic heterocycles. The molecule has 0 N–H and O–H groups in total. The second kappa shape index (κ2) is 6.07. The van der Waals surface area contributed by atoms with Gasteiger partial charge in [0.1, 0.15) is 0 Å². The van der Waals surface area contributed by atoms with Crippen LogP contribution in [-0.2, 0) is 7.05 Å². The molecule has 0 spiro atoms. The first-order chi connectivity index (χ1) is 8.27. The molecule has 1 heterocycles. The monoisotopic (exact) mass is 266 g/mol. The van der Waals surface area contributed by atoms with Crippen molar-refractivity contribution in [2.24, 2.45) is 7.05 Å². The second-order valence-electron chi connectivity index (χ2n) is 3.65. The molecule has 0 aliphatic carbocycles. The second-order valence-corrected chi connectivity index (χ2v) is 5.33. The van der Waals surface area contributed by atoms with Gasteiger partial charge in [-0.05, 0) is 22.4 Å². The number of hydrogen-bond donors (Lipinski definition) is 1. The quantitative estimate of drug-likeness (QED) is 0.666. The van der Waals surface area contributed by atoms with Crippen molar-refractivity contribution in [3.8, 4) is 0 Å². The molecule has 0 radical (unpaired) electrons. The Morgan fingerprint density at radius 3 is 2.76 bits per heavy atom. The molecule has 0 fully saturated rings. The Labute approximate surface area is 110 Å². The standard InChI is InChI=1S/C11H14N4S2/c1-15-11(12-13-14-15)17-8-7-10(16)9-5-3-2-4-6-9/h2-6,10,16H,7-8H2,1H3. The van der Waals surface area contributed by atoms with E-state index in [2.05, 4.69) is 40.3 Å². The Bertz CT molecular complexity index is 458. The first kappa shape index (κ1) is 12.4. The van der Waals surface area contributed by atoms with Gasteiger partial charge in [0.05, 0.1) is 0 Å².